The Hall–Kier alpha value is -1.06. The number of halogens is 1. The quantitative estimate of drug-likeness (QED) is 0.927. The van der Waals surface area contributed by atoms with Gasteiger partial charge in [-0.1, -0.05) is 50.6 Å². The van der Waals surface area contributed by atoms with Crippen molar-refractivity contribution in [1.29, 1.82) is 0 Å². The van der Waals surface area contributed by atoms with E-state index in [0.29, 0.717) is 17.9 Å². The highest BCUT2D eigenvalue weighted by Gasteiger charge is 2.31. The zero-order valence-corrected chi connectivity index (χ0v) is 14.0. The van der Waals surface area contributed by atoms with Crippen molar-refractivity contribution in [3.63, 3.8) is 0 Å². The number of carbonyl (C=O) groups is 1. The van der Waals surface area contributed by atoms with Crippen LogP contribution in [0.3, 0.4) is 0 Å². The van der Waals surface area contributed by atoms with Crippen LogP contribution in [0, 0.1) is 5.92 Å². The van der Waals surface area contributed by atoms with E-state index in [1.54, 1.807) is 0 Å². The van der Waals surface area contributed by atoms with Crippen LogP contribution in [0.4, 0.5) is 0 Å². The van der Waals surface area contributed by atoms with Crippen molar-refractivity contribution in [2.75, 3.05) is 19.6 Å². The number of benzene rings is 1. The molecule has 0 spiro atoms. The van der Waals surface area contributed by atoms with Crippen LogP contribution >= 0.6 is 12.4 Å². The molecule has 3 atom stereocenters. The number of nitrogens with zero attached hydrogens (tertiary/aromatic N) is 1. The number of amides is 1. The molecule has 21 heavy (non-hydrogen) atoms. The fourth-order valence-electron chi connectivity index (χ4n) is 2.94. The van der Waals surface area contributed by atoms with E-state index < -0.39 is 0 Å². The first-order valence-electron chi connectivity index (χ1n) is 7.70. The van der Waals surface area contributed by atoms with E-state index in [-0.39, 0.29) is 18.3 Å². The second kappa shape index (κ2) is 8.40. The minimum atomic E-state index is -0.00787. The average Bonchev–Trinajstić information content (AvgIpc) is 2.48. The lowest BCUT2D eigenvalue weighted by Crippen LogP contribution is -2.53. The third kappa shape index (κ3) is 4.45. The molecule has 3 unspecified atom stereocenters. The van der Waals surface area contributed by atoms with Crippen molar-refractivity contribution in [3.05, 3.63) is 35.9 Å². The molecule has 2 rings (SSSR count). The third-order valence-electron chi connectivity index (χ3n) is 4.32. The van der Waals surface area contributed by atoms with Crippen LogP contribution in [-0.4, -0.2) is 36.5 Å². The summed E-state index contributed by atoms with van der Waals surface area (Å²) >= 11 is 0. The van der Waals surface area contributed by atoms with Crippen molar-refractivity contribution < 1.29 is 4.79 Å². The Kier molecular flexibility index (Phi) is 7.20. The van der Waals surface area contributed by atoms with E-state index in [1.807, 2.05) is 23.1 Å². The fourth-order valence-corrected chi connectivity index (χ4v) is 2.94. The smallest absolute Gasteiger partial charge is 0.230 e. The van der Waals surface area contributed by atoms with Crippen LogP contribution in [0.25, 0.3) is 0 Å². The summed E-state index contributed by atoms with van der Waals surface area (Å²) in [6.45, 7) is 9.02. The summed E-state index contributed by atoms with van der Waals surface area (Å²) < 4.78 is 0. The van der Waals surface area contributed by atoms with Crippen LogP contribution in [0.15, 0.2) is 30.3 Å². The molecule has 1 aromatic rings. The Morgan fingerprint density at radius 3 is 2.62 bits per heavy atom. The monoisotopic (exact) mass is 310 g/mol. The lowest BCUT2D eigenvalue weighted by Gasteiger charge is -2.36. The van der Waals surface area contributed by atoms with Crippen molar-refractivity contribution in [3.8, 4) is 0 Å². The highest BCUT2D eigenvalue weighted by Crippen LogP contribution is 2.29. The molecule has 1 heterocycles. The van der Waals surface area contributed by atoms with E-state index in [4.69, 9.17) is 0 Å². The summed E-state index contributed by atoms with van der Waals surface area (Å²) in [7, 11) is 0. The number of hydrogen-bond donors (Lipinski definition) is 1. The molecule has 0 aromatic heterocycles. The van der Waals surface area contributed by atoms with Gasteiger partial charge in [-0.15, -0.1) is 12.4 Å². The van der Waals surface area contributed by atoms with Crippen molar-refractivity contribution in [1.82, 2.24) is 10.2 Å². The lowest BCUT2D eigenvalue weighted by atomic mass is 9.84. The Labute approximate surface area is 134 Å². The Bertz CT molecular complexity index is 438. The van der Waals surface area contributed by atoms with E-state index in [1.165, 1.54) is 0 Å². The summed E-state index contributed by atoms with van der Waals surface area (Å²) in [6, 6.07) is 10.6. The van der Waals surface area contributed by atoms with E-state index in [0.717, 1.165) is 31.6 Å². The van der Waals surface area contributed by atoms with Crippen LogP contribution in [0.1, 0.15) is 38.7 Å². The Morgan fingerprint density at radius 2 is 2.05 bits per heavy atom. The molecule has 1 aliphatic rings. The second-order valence-corrected chi connectivity index (χ2v) is 5.91. The first-order valence-corrected chi connectivity index (χ1v) is 7.70. The largest absolute Gasteiger partial charge is 0.339 e. The molecule has 118 valence electrons. The van der Waals surface area contributed by atoms with Gasteiger partial charge < -0.3 is 10.2 Å². The molecular formula is C17H27ClN2O. The molecule has 1 aromatic carbocycles. The lowest BCUT2D eigenvalue weighted by molar-refractivity contribution is -0.135. The van der Waals surface area contributed by atoms with Gasteiger partial charge in [-0.05, 0) is 18.4 Å². The Balaban J connectivity index is 0.00000220. The van der Waals surface area contributed by atoms with Crippen molar-refractivity contribution in [2.24, 2.45) is 5.92 Å². The van der Waals surface area contributed by atoms with Gasteiger partial charge in [0, 0.05) is 25.7 Å². The van der Waals surface area contributed by atoms with E-state index >= 15 is 0 Å². The zero-order chi connectivity index (χ0) is 14.5. The SMILES string of the molecule is CCC(C)C(C(=O)N1CCNC(C)C1)c1ccccc1.Cl. The van der Waals surface area contributed by atoms with Gasteiger partial charge in [-0.3, -0.25) is 4.79 Å². The predicted octanol–water partition coefficient (Wildman–Crippen LogP) is 3.06. The highest BCUT2D eigenvalue weighted by molar-refractivity contribution is 5.85. The maximum Gasteiger partial charge on any atom is 0.230 e. The summed E-state index contributed by atoms with van der Waals surface area (Å²) in [5, 5.41) is 3.39. The third-order valence-corrected chi connectivity index (χ3v) is 4.32. The molecular weight excluding hydrogens is 284 g/mol. The molecule has 1 aliphatic heterocycles. The molecule has 0 aliphatic carbocycles. The standard InChI is InChI=1S/C17H26N2O.ClH/c1-4-13(2)16(15-8-6-5-7-9-15)17(20)19-11-10-18-14(3)12-19;/h5-9,13-14,16,18H,4,10-12H2,1-3H3;1H. The minimum Gasteiger partial charge on any atom is -0.339 e. The molecule has 4 heteroatoms. The van der Waals surface area contributed by atoms with Crippen molar-refractivity contribution >= 4 is 18.3 Å². The van der Waals surface area contributed by atoms with Gasteiger partial charge in [0.25, 0.3) is 0 Å². The van der Waals surface area contributed by atoms with E-state index in [9.17, 15) is 4.79 Å². The number of piperazine rings is 1. The highest BCUT2D eigenvalue weighted by atomic mass is 35.5. The van der Waals surface area contributed by atoms with Gasteiger partial charge in [0.1, 0.15) is 0 Å². The van der Waals surface area contributed by atoms with Crippen LogP contribution in [-0.2, 0) is 4.79 Å². The van der Waals surface area contributed by atoms with Gasteiger partial charge >= 0.3 is 0 Å². The first-order chi connectivity index (χ1) is 9.63. The van der Waals surface area contributed by atoms with E-state index in [2.05, 4.69) is 38.2 Å². The fraction of sp³-hybridized carbons (Fsp3) is 0.588. The van der Waals surface area contributed by atoms with Gasteiger partial charge in [0.05, 0.1) is 5.92 Å². The predicted molar refractivity (Wildman–Crippen MR) is 89.9 cm³/mol. The number of carbonyl (C=O) groups excluding carboxylic acids is 1. The zero-order valence-electron chi connectivity index (χ0n) is 13.2. The summed E-state index contributed by atoms with van der Waals surface area (Å²) in [5.41, 5.74) is 1.15. The molecule has 1 amide bonds. The molecule has 1 saturated heterocycles. The number of hydrogen-bond acceptors (Lipinski definition) is 2. The second-order valence-electron chi connectivity index (χ2n) is 5.91. The average molecular weight is 311 g/mol. The summed E-state index contributed by atoms with van der Waals surface area (Å²) in [6.07, 6.45) is 1.02. The molecule has 0 radical (unpaired) electrons. The van der Waals surface area contributed by atoms with Crippen LogP contribution in [0.2, 0.25) is 0 Å². The number of nitrogens with one attached hydrogen (secondary N) is 1. The van der Waals surface area contributed by atoms with Gasteiger partial charge in [-0.25, -0.2) is 0 Å². The summed E-state index contributed by atoms with van der Waals surface area (Å²) in [4.78, 5) is 15.0. The molecule has 1 fully saturated rings. The molecule has 1 N–H and O–H groups in total. The van der Waals surface area contributed by atoms with Gasteiger partial charge in [0.2, 0.25) is 5.91 Å². The maximum absolute atomic E-state index is 12.9. The molecule has 3 nitrogen and oxygen atoms in total. The van der Waals surface area contributed by atoms with Gasteiger partial charge in [-0.2, -0.15) is 0 Å². The molecule has 0 bridgehead atoms. The van der Waals surface area contributed by atoms with Crippen LogP contribution in [0.5, 0.6) is 0 Å². The molecule has 0 saturated carbocycles. The normalized spacial score (nSPS) is 21.3. The first kappa shape index (κ1) is 18.0. The summed E-state index contributed by atoms with van der Waals surface area (Å²) in [5.74, 6) is 0.653. The topological polar surface area (TPSA) is 32.3 Å². The maximum atomic E-state index is 12.9. The van der Waals surface area contributed by atoms with Crippen LogP contribution < -0.4 is 5.32 Å². The van der Waals surface area contributed by atoms with Gasteiger partial charge in [0.15, 0.2) is 0 Å². The van der Waals surface area contributed by atoms with Crippen molar-refractivity contribution in [2.45, 2.75) is 39.2 Å². The Morgan fingerprint density at radius 1 is 1.38 bits per heavy atom. The number of rotatable bonds is 4. The minimum absolute atomic E-state index is 0.